The molecule has 0 saturated carbocycles. The summed E-state index contributed by atoms with van der Waals surface area (Å²) in [5.41, 5.74) is 0.450. The minimum absolute atomic E-state index is 0.450. The lowest BCUT2D eigenvalue weighted by Gasteiger charge is -2.27. The molecule has 0 bridgehead atoms. The van der Waals surface area contributed by atoms with Crippen LogP contribution in [-0.2, 0) is 0 Å². The second-order valence-corrected chi connectivity index (χ2v) is 4.02. The van der Waals surface area contributed by atoms with Crippen LogP contribution in [0.2, 0.25) is 0 Å². The number of halogens is 1. The molecular weight excluding hydrogens is 132 g/mol. The lowest BCUT2D eigenvalue weighted by molar-refractivity contribution is 0.327. The molecule has 0 heterocycles. The number of hydrogen-bond donors (Lipinski definition) is 0. The summed E-state index contributed by atoms with van der Waals surface area (Å²) in [6.45, 7) is 4.53. The van der Waals surface area contributed by atoms with Gasteiger partial charge >= 0.3 is 0 Å². The zero-order valence-electron chi connectivity index (χ0n) is 6.08. The van der Waals surface area contributed by atoms with E-state index in [1.54, 1.807) is 0 Å². The van der Waals surface area contributed by atoms with Crippen molar-refractivity contribution in [2.75, 3.05) is 0 Å². The summed E-state index contributed by atoms with van der Waals surface area (Å²) < 4.78 is 0. The van der Waals surface area contributed by atoms with Gasteiger partial charge < -0.3 is 0 Å². The first kappa shape index (κ1) is 7.14. The summed E-state index contributed by atoms with van der Waals surface area (Å²) >= 11 is 5.86. The van der Waals surface area contributed by atoms with Gasteiger partial charge in [0.15, 0.2) is 0 Å². The third kappa shape index (κ3) is 2.02. The van der Waals surface area contributed by atoms with Crippen LogP contribution in [0.1, 0.15) is 33.1 Å². The Morgan fingerprint density at radius 3 is 2.56 bits per heavy atom. The van der Waals surface area contributed by atoms with Crippen LogP contribution in [0.4, 0.5) is 0 Å². The van der Waals surface area contributed by atoms with Crippen molar-refractivity contribution >= 4 is 11.6 Å². The van der Waals surface area contributed by atoms with E-state index in [1.165, 1.54) is 6.42 Å². The van der Waals surface area contributed by atoms with Crippen molar-refractivity contribution in [3.05, 3.63) is 11.1 Å². The third-order valence-corrected chi connectivity index (χ3v) is 2.12. The van der Waals surface area contributed by atoms with Crippen LogP contribution in [0.3, 0.4) is 0 Å². The lowest BCUT2D eigenvalue weighted by atomic mass is 9.81. The quantitative estimate of drug-likeness (QED) is 0.489. The number of allylic oxidation sites excluding steroid dienone is 2. The highest BCUT2D eigenvalue weighted by Gasteiger charge is 2.21. The van der Waals surface area contributed by atoms with E-state index in [-0.39, 0.29) is 0 Å². The van der Waals surface area contributed by atoms with E-state index in [4.69, 9.17) is 11.6 Å². The second kappa shape index (κ2) is 2.34. The summed E-state index contributed by atoms with van der Waals surface area (Å²) in [5.74, 6) is 0. The molecular formula is C8H13Cl. The zero-order chi connectivity index (χ0) is 6.91. The van der Waals surface area contributed by atoms with E-state index in [0.717, 1.165) is 17.9 Å². The lowest BCUT2D eigenvalue weighted by Crippen LogP contribution is -2.13. The van der Waals surface area contributed by atoms with Gasteiger partial charge in [-0.2, -0.15) is 0 Å². The van der Waals surface area contributed by atoms with Crippen LogP contribution in [0, 0.1) is 5.41 Å². The molecule has 0 saturated heterocycles. The Morgan fingerprint density at radius 1 is 1.56 bits per heavy atom. The molecule has 0 unspecified atom stereocenters. The Balaban J connectivity index is 2.59. The average molecular weight is 145 g/mol. The smallest absolute Gasteiger partial charge is 0.0146 e. The first-order chi connectivity index (χ1) is 4.10. The van der Waals surface area contributed by atoms with Crippen LogP contribution in [0.5, 0.6) is 0 Å². The fourth-order valence-electron chi connectivity index (χ4n) is 1.24. The van der Waals surface area contributed by atoms with E-state index in [2.05, 4.69) is 19.9 Å². The van der Waals surface area contributed by atoms with E-state index >= 15 is 0 Å². The van der Waals surface area contributed by atoms with Crippen molar-refractivity contribution < 1.29 is 0 Å². The molecule has 52 valence electrons. The molecule has 0 aromatic rings. The summed E-state index contributed by atoms with van der Waals surface area (Å²) in [6.07, 6.45) is 5.64. The topological polar surface area (TPSA) is 0 Å². The maximum absolute atomic E-state index is 5.86. The highest BCUT2D eigenvalue weighted by Crippen LogP contribution is 2.36. The third-order valence-electron chi connectivity index (χ3n) is 1.83. The van der Waals surface area contributed by atoms with Crippen LogP contribution >= 0.6 is 11.6 Å². The standard InChI is InChI=1S/C8H13Cl/c1-8(2)5-3-4-7(9)6-8/h4H,3,5-6H2,1-2H3. The molecule has 9 heavy (non-hydrogen) atoms. The summed E-state index contributed by atoms with van der Waals surface area (Å²) in [7, 11) is 0. The van der Waals surface area contributed by atoms with Gasteiger partial charge in [0.25, 0.3) is 0 Å². The van der Waals surface area contributed by atoms with Gasteiger partial charge in [0.05, 0.1) is 0 Å². The fourth-order valence-corrected chi connectivity index (χ4v) is 1.71. The summed E-state index contributed by atoms with van der Waals surface area (Å²) in [5, 5.41) is 1.05. The minimum Gasteiger partial charge on any atom is -0.0895 e. The molecule has 0 nitrogen and oxygen atoms in total. The first-order valence-corrected chi connectivity index (χ1v) is 3.82. The molecule has 0 spiro atoms. The van der Waals surface area contributed by atoms with Gasteiger partial charge in [0.1, 0.15) is 0 Å². The highest BCUT2D eigenvalue weighted by atomic mass is 35.5. The maximum atomic E-state index is 5.86. The predicted octanol–water partition coefficient (Wildman–Crippen LogP) is 3.32. The Morgan fingerprint density at radius 2 is 2.22 bits per heavy atom. The van der Waals surface area contributed by atoms with Crippen molar-refractivity contribution in [1.82, 2.24) is 0 Å². The molecule has 0 aromatic heterocycles. The monoisotopic (exact) mass is 144 g/mol. The van der Waals surface area contributed by atoms with Crippen LogP contribution in [0.15, 0.2) is 11.1 Å². The molecule has 0 aliphatic heterocycles. The van der Waals surface area contributed by atoms with Crippen molar-refractivity contribution in [3.63, 3.8) is 0 Å². The molecule has 0 amide bonds. The second-order valence-electron chi connectivity index (χ2n) is 3.53. The van der Waals surface area contributed by atoms with Crippen molar-refractivity contribution in [3.8, 4) is 0 Å². The van der Waals surface area contributed by atoms with Crippen molar-refractivity contribution in [1.29, 1.82) is 0 Å². The molecule has 0 N–H and O–H groups in total. The van der Waals surface area contributed by atoms with Crippen molar-refractivity contribution in [2.24, 2.45) is 5.41 Å². The molecule has 1 aliphatic carbocycles. The Bertz CT molecular complexity index is 134. The zero-order valence-corrected chi connectivity index (χ0v) is 6.83. The largest absolute Gasteiger partial charge is 0.0895 e. The Kier molecular flexibility index (Phi) is 1.85. The van der Waals surface area contributed by atoms with Crippen LogP contribution < -0.4 is 0 Å². The summed E-state index contributed by atoms with van der Waals surface area (Å²) in [4.78, 5) is 0. The molecule has 0 aromatic carbocycles. The average Bonchev–Trinajstić information content (AvgIpc) is 1.60. The molecule has 1 rings (SSSR count). The van der Waals surface area contributed by atoms with Gasteiger partial charge in [-0.15, -0.1) is 0 Å². The fraction of sp³-hybridized carbons (Fsp3) is 0.750. The van der Waals surface area contributed by atoms with Crippen LogP contribution in [-0.4, -0.2) is 0 Å². The minimum atomic E-state index is 0.450. The van der Waals surface area contributed by atoms with Gasteiger partial charge in [-0.3, -0.25) is 0 Å². The van der Waals surface area contributed by atoms with E-state index in [1.807, 2.05) is 0 Å². The maximum Gasteiger partial charge on any atom is 0.0146 e. The van der Waals surface area contributed by atoms with Crippen molar-refractivity contribution in [2.45, 2.75) is 33.1 Å². The van der Waals surface area contributed by atoms with Crippen LogP contribution in [0.25, 0.3) is 0 Å². The van der Waals surface area contributed by atoms with Gasteiger partial charge in [-0.25, -0.2) is 0 Å². The normalized spacial score (nSPS) is 25.4. The van der Waals surface area contributed by atoms with Gasteiger partial charge in [-0.1, -0.05) is 31.5 Å². The Labute approximate surface area is 61.9 Å². The molecule has 0 radical (unpaired) electrons. The molecule has 0 atom stereocenters. The van der Waals surface area contributed by atoms with Gasteiger partial charge in [0, 0.05) is 5.03 Å². The first-order valence-electron chi connectivity index (χ1n) is 3.45. The van der Waals surface area contributed by atoms with E-state index < -0.39 is 0 Å². The summed E-state index contributed by atoms with van der Waals surface area (Å²) in [6, 6.07) is 0. The number of rotatable bonds is 0. The van der Waals surface area contributed by atoms with Gasteiger partial charge in [-0.05, 0) is 24.7 Å². The number of hydrogen-bond acceptors (Lipinski definition) is 0. The van der Waals surface area contributed by atoms with E-state index in [9.17, 15) is 0 Å². The molecule has 0 fully saturated rings. The van der Waals surface area contributed by atoms with Gasteiger partial charge in [0.2, 0.25) is 0 Å². The predicted molar refractivity (Wildman–Crippen MR) is 41.6 cm³/mol. The molecule has 1 aliphatic rings. The highest BCUT2D eigenvalue weighted by molar-refractivity contribution is 6.29. The Hall–Kier alpha value is 0.0300. The SMILES string of the molecule is CC1(C)CCC=C(Cl)C1. The molecule has 1 heteroatoms. The van der Waals surface area contributed by atoms with E-state index in [0.29, 0.717) is 5.41 Å².